The quantitative estimate of drug-likeness (QED) is 0.298. The number of hydrogen-bond donors (Lipinski definition) is 3. The van der Waals surface area contributed by atoms with Crippen LogP contribution >= 0.6 is 0 Å². The third kappa shape index (κ3) is 6.02. The van der Waals surface area contributed by atoms with Gasteiger partial charge in [-0.15, -0.1) is 0 Å². The third-order valence-electron chi connectivity index (χ3n) is 6.07. The highest BCUT2D eigenvalue weighted by molar-refractivity contribution is 7.89. The van der Waals surface area contributed by atoms with Crippen molar-refractivity contribution in [1.82, 2.24) is 4.31 Å². The van der Waals surface area contributed by atoms with Crippen molar-refractivity contribution in [1.29, 1.82) is 5.41 Å². The first-order valence-electron chi connectivity index (χ1n) is 11.6. The maximum absolute atomic E-state index is 13.7. The van der Waals surface area contributed by atoms with Crippen molar-refractivity contribution in [2.45, 2.75) is 103 Å². The van der Waals surface area contributed by atoms with Crippen LogP contribution in [0.3, 0.4) is 0 Å². The number of nitrogens with one attached hydrogen (secondary N) is 1. The summed E-state index contributed by atoms with van der Waals surface area (Å²) in [5.74, 6) is -0.398. The van der Waals surface area contributed by atoms with Crippen molar-refractivity contribution in [3.8, 4) is 5.75 Å². The molecular formula is C24H40N4O5S. The van der Waals surface area contributed by atoms with Crippen LogP contribution in [0.15, 0.2) is 4.90 Å². The molecular weight excluding hydrogens is 456 g/mol. The van der Waals surface area contributed by atoms with Gasteiger partial charge in [0, 0.05) is 6.54 Å². The zero-order valence-corrected chi connectivity index (χ0v) is 22.5. The van der Waals surface area contributed by atoms with Crippen LogP contribution in [0.2, 0.25) is 0 Å². The predicted molar refractivity (Wildman–Crippen MR) is 133 cm³/mol. The lowest BCUT2D eigenvalue weighted by molar-refractivity contribution is -0.156. The Morgan fingerprint density at radius 2 is 1.79 bits per heavy atom. The van der Waals surface area contributed by atoms with Gasteiger partial charge >= 0.3 is 5.97 Å². The Hall–Kier alpha value is -2.33. The van der Waals surface area contributed by atoms with E-state index in [1.807, 2.05) is 20.8 Å². The highest BCUT2D eigenvalue weighted by atomic mass is 32.2. The number of fused-ring (bicyclic) bond motifs is 1. The zero-order valence-electron chi connectivity index (χ0n) is 21.7. The van der Waals surface area contributed by atoms with Crippen molar-refractivity contribution in [2.24, 2.45) is 11.5 Å². The van der Waals surface area contributed by atoms with Gasteiger partial charge in [0.05, 0.1) is 4.90 Å². The Balaban J connectivity index is 2.33. The van der Waals surface area contributed by atoms with Gasteiger partial charge in [-0.2, -0.15) is 0 Å². The molecule has 2 rings (SSSR count). The van der Waals surface area contributed by atoms with E-state index >= 15 is 0 Å². The van der Waals surface area contributed by atoms with E-state index in [9.17, 15) is 13.2 Å². The number of carbonyl (C=O) groups is 1. The molecule has 0 saturated carbocycles. The molecule has 0 spiro atoms. The van der Waals surface area contributed by atoms with Crippen LogP contribution in [0, 0.1) is 26.2 Å². The molecule has 1 unspecified atom stereocenters. The standard InChI is InChI=1S/C24H40N4O5S/c1-14-15(2)20(16(3)17-11-12-24(7,8)32-19(14)17)34(30,31)28(22(26)27)13-9-10-18(25)21(29)33-23(4,5)6/h18H,9-13,25H2,1-8H3,(H3,26,27). The number of guanidine groups is 1. The molecule has 0 aromatic heterocycles. The predicted octanol–water partition coefficient (Wildman–Crippen LogP) is 3.05. The average Bonchev–Trinajstić information content (AvgIpc) is 2.66. The van der Waals surface area contributed by atoms with E-state index in [-0.39, 0.29) is 29.9 Å². The van der Waals surface area contributed by atoms with Crippen molar-refractivity contribution < 1.29 is 22.7 Å². The molecule has 9 nitrogen and oxygen atoms in total. The van der Waals surface area contributed by atoms with Gasteiger partial charge in [-0.1, -0.05) is 0 Å². The second kappa shape index (κ2) is 9.73. The minimum absolute atomic E-state index is 0.0767. The molecule has 1 aromatic rings. The number of hydrogen-bond acceptors (Lipinski definition) is 7. The van der Waals surface area contributed by atoms with E-state index in [2.05, 4.69) is 0 Å². The first-order valence-corrected chi connectivity index (χ1v) is 13.0. The summed E-state index contributed by atoms with van der Waals surface area (Å²) >= 11 is 0. The number of nitrogens with zero attached hydrogens (tertiary/aromatic N) is 1. The van der Waals surface area contributed by atoms with E-state index in [1.165, 1.54) is 0 Å². The van der Waals surface area contributed by atoms with E-state index in [0.717, 1.165) is 27.6 Å². The maximum atomic E-state index is 13.7. The van der Waals surface area contributed by atoms with E-state index in [4.69, 9.17) is 26.4 Å². The van der Waals surface area contributed by atoms with Gasteiger partial charge in [0.1, 0.15) is 23.0 Å². The number of esters is 1. The number of sulfonamides is 1. The molecule has 0 amide bonds. The molecule has 0 fully saturated rings. The summed E-state index contributed by atoms with van der Waals surface area (Å²) in [4.78, 5) is 12.3. The number of nitrogens with two attached hydrogens (primary N) is 2. The van der Waals surface area contributed by atoms with Gasteiger partial charge in [-0.25, -0.2) is 12.7 Å². The fourth-order valence-corrected chi connectivity index (χ4v) is 6.06. The summed E-state index contributed by atoms with van der Waals surface area (Å²) < 4.78 is 39.8. The van der Waals surface area contributed by atoms with Crippen molar-refractivity contribution in [2.75, 3.05) is 6.54 Å². The molecule has 1 atom stereocenters. The van der Waals surface area contributed by atoms with Crippen LogP contribution < -0.4 is 16.2 Å². The van der Waals surface area contributed by atoms with Crippen molar-refractivity contribution >= 4 is 22.0 Å². The first kappa shape index (κ1) is 27.9. The number of benzene rings is 1. The summed E-state index contributed by atoms with van der Waals surface area (Å²) in [6.07, 6.45) is 1.89. The first-order chi connectivity index (χ1) is 15.4. The minimum Gasteiger partial charge on any atom is -0.487 e. The van der Waals surface area contributed by atoms with E-state index in [1.54, 1.807) is 34.6 Å². The Labute approximate surface area is 203 Å². The lowest BCUT2D eigenvalue weighted by Crippen LogP contribution is -2.43. The second-order valence-corrected chi connectivity index (χ2v) is 12.4. The lowest BCUT2D eigenvalue weighted by atomic mass is 9.88. The maximum Gasteiger partial charge on any atom is 0.323 e. The summed E-state index contributed by atoms with van der Waals surface area (Å²) in [6, 6.07) is -0.897. The molecule has 0 bridgehead atoms. The fourth-order valence-electron chi connectivity index (χ4n) is 4.17. The summed E-state index contributed by atoms with van der Waals surface area (Å²) in [5.41, 5.74) is 13.5. The van der Waals surface area contributed by atoms with Crippen LogP contribution in [-0.4, -0.2) is 48.4 Å². The molecule has 34 heavy (non-hydrogen) atoms. The molecule has 1 aliphatic rings. The van der Waals surface area contributed by atoms with Crippen LogP contribution in [0.5, 0.6) is 5.75 Å². The normalized spacial score (nSPS) is 16.3. The molecule has 0 radical (unpaired) electrons. The van der Waals surface area contributed by atoms with Gasteiger partial charge in [-0.3, -0.25) is 10.2 Å². The summed E-state index contributed by atoms with van der Waals surface area (Å²) in [5, 5.41) is 7.96. The Morgan fingerprint density at radius 1 is 1.21 bits per heavy atom. The van der Waals surface area contributed by atoms with Gasteiger partial charge in [-0.05, 0) is 103 Å². The molecule has 10 heteroatoms. The number of ether oxygens (including phenoxy) is 2. The monoisotopic (exact) mass is 496 g/mol. The number of carbonyl (C=O) groups excluding carboxylic acids is 1. The molecule has 0 aliphatic carbocycles. The Bertz CT molecular complexity index is 1070. The molecule has 1 aromatic carbocycles. The lowest BCUT2D eigenvalue weighted by Gasteiger charge is -2.36. The van der Waals surface area contributed by atoms with Gasteiger partial charge in [0.25, 0.3) is 10.0 Å². The average molecular weight is 497 g/mol. The molecule has 5 N–H and O–H groups in total. The van der Waals surface area contributed by atoms with Crippen molar-refractivity contribution in [3.05, 3.63) is 22.3 Å². The van der Waals surface area contributed by atoms with Crippen molar-refractivity contribution in [3.63, 3.8) is 0 Å². The smallest absolute Gasteiger partial charge is 0.323 e. The number of rotatable bonds is 7. The second-order valence-electron chi connectivity index (χ2n) is 10.6. The summed E-state index contributed by atoms with van der Waals surface area (Å²) in [7, 11) is -4.12. The molecule has 1 aliphatic heterocycles. The van der Waals surface area contributed by atoms with E-state index < -0.39 is 33.6 Å². The van der Waals surface area contributed by atoms with Crippen LogP contribution in [0.1, 0.15) is 76.1 Å². The molecule has 192 valence electrons. The van der Waals surface area contributed by atoms with E-state index in [0.29, 0.717) is 17.5 Å². The SMILES string of the molecule is Cc1c(C)c(S(=O)(=O)N(CCCC(N)C(=O)OC(C)(C)C)C(=N)N)c(C)c2c1OC(C)(C)CC2. The van der Waals surface area contributed by atoms with Gasteiger partial charge in [0.2, 0.25) is 5.96 Å². The Morgan fingerprint density at radius 3 is 2.32 bits per heavy atom. The minimum atomic E-state index is -4.12. The highest BCUT2D eigenvalue weighted by Gasteiger charge is 2.36. The largest absolute Gasteiger partial charge is 0.487 e. The van der Waals surface area contributed by atoms with Crippen LogP contribution in [-0.2, 0) is 26.0 Å². The van der Waals surface area contributed by atoms with Crippen LogP contribution in [0.4, 0.5) is 0 Å². The topological polar surface area (TPSA) is 149 Å². The summed E-state index contributed by atoms with van der Waals surface area (Å²) in [6.45, 7) is 14.6. The Kier molecular flexibility index (Phi) is 7.99. The zero-order chi connectivity index (χ0) is 26.2. The fraction of sp³-hybridized carbons (Fsp3) is 0.667. The molecule has 0 saturated heterocycles. The van der Waals surface area contributed by atoms with Gasteiger partial charge in [0.15, 0.2) is 0 Å². The van der Waals surface area contributed by atoms with Gasteiger partial charge < -0.3 is 20.9 Å². The third-order valence-corrected chi connectivity index (χ3v) is 8.16. The molecule has 1 heterocycles. The van der Waals surface area contributed by atoms with Crippen LogP contribution in [0.25, 0.3) is 0 Å². The highest BCUT2D eigenvalue weighted by Crippen LogP contribution is 2.42.